The van der Waals surface area contributed by atoms with Crippen molar-refractivity contribution >= 4 is 65.4 Å². The average Bonchev–Trinajstić information content (AvgIpc) is 4.02. The summed E-state index contributed by atoms with van der Waals surface area (Å²) in [7, 11) is 0. The molecule has 0 aliphatic heterocycles. The fourth-order valence-electron chi connectivity index (χ4n) is 10.5. The zero-order valence-corrected chi connectivity index (χ0v) is 38.1. The number of aromatic nitrogens is 6. The van der Waals surface area contributed by atoms with Crippen molar-refractivity contribution in [2.45, 2.75) is 32.6 Å². The van der Waals surface area contributed by atoms with E-state index in [2.05, 4.69) is 247 Å². The van der Waals surface area contributed by atoms with Crippen LogP contribution in [-0.4, -0.2) is 28.7 Å². The molecular formula is C62H46N6. The zero-order valence-electron chi connectivity index (χ0n) is 38.1. The Morgan fingerprint density at radius 2 is 0.868 bits per heavy atom. The lowest BCUT2D eigenvalue weighted by Gasteiger charge is -2.21. The molecule has 9 aromatic carbocycles. The molecule has 0 saturated heterocycles. The third-order valence-electron chi connectivity index (χ3n) is 13.6. The molecule has 324 valence electrons. The minimum absolute atomic E-state index is 0.355. The van der Waals surface area contributed by atoms with Crippen molar-refractivity contribution in [3.63, 3.8) is 0 Å². The fraction of sp³-hybridized carbons (Fsp3) is 0.0806. The summed E-state index contributed by atoms with van der Waals surface area (Å²) in [5.41, 5.74) is 14.1. The average molecular weight is 875 g/mol. The summed E-state index contributed by atoms with van der Waals surface area (Å²) >= 11 is 0. The maximum absolute atomic E-state index is 5.48. The van der Waals surface area contributed by atoms with Gasteiger partial charge < -0.3 is 13.7 Å². The summed E-state index contributed by atoms with van der Waals surface area (Å²) in [4.78, 5) is 16.2. The van der Waals surface area contributed by atoms with E-state index in [0.717, 1.165) is 62.0 Å². The third kappa shape index (κ3) is 6.29. The topological polar surface area (TPSA) is 53.5 Å². The molecule has 6 heteroatoms. The van der Waals surface area contributed by atoms with Crippen molar-refractivity contribution in [3.8, 4) is 39.6 Å². The van der Waals surface area contributed by atoms with Gasteiger partial charge in [-0.25, -0.2) is 15.0 Å². The molecule has 0 fully saturated rings. The van der Waals surface area contributed by atoms with Crippen LogP contribution in [0.4, 0.5) is 0 Å². The Bertz CT molecular complexity index is 4000. The molecule has 0 amide bonds. The monoisotopic (exact) mass is 874 g/mol. The Morgan fingerprint density at radius 1 is 0.382 bits per heavy atom. The van der Waals surface area contributed by atoms with Crippen molar-refractivity contribution in [2.75, 3.05) is 0 Å². The van der Waals surface area contributed by atoms with E-state index in [1.54, 1.807) is 0 Å². The van der Waals surface area contributed by atoms with Crippen LogP contribution in [0.5, 0.6) is 0 Å². The Kier molecular flexibility index (Phi) is 9.06. The van der Waals surface area contributed by atoms with E-state index in [1.165, 1.54) is 54.4 Å². The molecular weight excluding hydrogens is 829 g/mol. The zero-order chi connectivity index (χ0) is 45.5. The van der Waals surface area contributed by atoms with E-state index < -0.39 is 0 Å². The van der Waals surface area contributed by atoms with Crippen LogP contribution in [0.3, 0.4) is 0 Å². The molecule has 0 N–H and O–H groups in total. The van der Waals surface area contributed by atoms with Crippen LogP contribution in [0.1, 0.15) is 38.0 Å². The van der Waals surface area contributed by atoms with E-state index in [4.69, 9.17) is 15.0 Å². The summed E-state index contributed by atoms with van der Waals surface area (Å²) in [6, 6.07) is 76.4. The lowest BCUT2D eigenvalue weighted by Crippen LogP contribution is -2.19. The van der Waals surface area contributed by atoms with Crippen LogP contribution in [0.2, 0.25) is 0 Å². The second kappa shape index (κ2) is 15.5. The van der Waals surface area contributed by atoms with Gasteiger partial charge in [0, 0.05) is 66.7 Å². The van der Waals surface area contributed by atoms with Crippen molar-refractivity contribution in [2.24, 2.45) is 0 Å². The number of rotatable bonds is 7. The van der Waals surface area contributed by atoms with E-state index in [9.17, 15) is 0 Å². The molecule has 0 saturated carbocycles. The molecule has 13 rings (SSSR count). The Hall–Kier alpha value is -8.61. The van der Waals surface area contributed by atoms with Crippen LogP contribution in [-0.2, 0) is 11.8 Å². The van der Waals surface area contributed by atoms with Crippen molar-refractivity contribution in [1.29, 1.82) is 0 Å². The minimum atomic E-state index is -0.355. The van der Waals surface area contributed by atoms with Gasteiger partial charge in [-0.15, -0.1) is 0 Å². The van der Waals surface area contributed by atoms with E-state index in [-0.39, 0.29) is 5.41 Å². The predicted molar refractivity (Wildman–Crippen MR) is 282 cm³/mol. The summed E-state index contributed by atoms with van der Waals surface area (Å²) in [5.74, 6) is 2.12. The van der Waals surface area contributed by atoms with Crippen molar-refractivity contribution in [1.82, 2.24) is 28.7 Å². The third-order valence-corrected chi connectivity index (χ3v) is 13.6. The second-order valence-electron chi connectivity index (χ2n) is 18.8. The van der Waals surface area contributed by atoms with Gasteiger partial charge in [0.05, 0.1) is 38.8 Å². The van der Waals surface area contributed by atoms with Gasteiger partial charge in [-0.3, -0.25) is 0 Å². The Morgan fingerprint density at radius 3 is 1.47 bits per heavy atom. The van der Waals surface area contributed by atoms with Gasteiger partial charge in [0.1, 0.15) is 11.6 Å². The van der Waals surface area contributed by atoms with E-state index in [0.29, 0.717) is 12.2 Å². The predicted octanol–water partition coefficient (Wildman–Crippen LogP) is 15.4. The highest BCUT2D eigenvalue weighted by Crippen LogP contribution is 2.43. The number of hydrogen-bond acceptors (Lipinski definition) is 3. The van der Waals surface area contributed by atoms with Crippen LogP contribution in [0.15, 0.2) is 212 Å². The summed E-state index contributed by atoms with van der Waals surface area (Å²) in [6.07, 6.45) is 0.518. The molecule has 6 nitrogen and oxygen atoms in total. The van der Waals surface area contributed by atoms with Crippen LogP contribution in [0, 0.1) is 0 Å². The molecule has 0 atom stereocenters. The van der Waals surface area contributed by atoms with Gasteiger partial charge in [-0.2, -0.15) is 0 Å². The first-order valence-corrected chi connectivity index (χ1v) is 23.4. The number of fused-ring (bicyclic) bond motifs is 9. The van der Waals surface area contributed by atoms with Crippen LogP contribution < -0.4 is 0 Å². The Balaban J connectivity index is 1.04. The highest BCUT2D eigenvalue weighted by atomic mass is 15.1. The van der Waals surface area contributed by atoms with Crippen LogP contribution >= 0.6 is 0 Å². The fourth-order valence-corrected chi connectivity index (χ4v) is 10.5. The lowest BCUT2D eigenvalue weighted by molar-refractivity contribution is 0.538. The molecule has 68 heavy (non-hydrogen) atoms. The molecule has 0 aliphatic carbocycles. The standard InChI is InChI=1S/C62H46N6/c1-62(2,3)61-64-58(38-41-22-7-13-30-51(41)67-54-33-16-10-25-46(54)47-26-11-17-34-55(47)67)63-60(65-61)49-29-19-28-43(40-20-5-4-6-21-40)59(49)68-56-35-18-12-27-48(56)50-39-42(36-37-57(50)68)66-52-31-14-8-23-44(52)45-24-9-15-32-53(45)66/h4-37,39H,38H2,1-3H3. The largest absolute Gasteiger partial charge is 0.309 e. The van der Waals surface area contributed by atoms with Gasteiger partial charge in [0.2, 0.25) is 0 Å². The summed E-state index contributed by atoms with van der Waals surface area (Å²) < 4.78 is 7.23. The number of para-hydroxylation sites is 7. The summed E-state index contributed by atoms with van der Waals surface area (Å²) in [5, 5.41) is 7.29. The van der Waals surface area contributed by atoms with Gasteiger partial charge in [0.15, 0.2) is 5.82 Å². The molecule has 4 heterocycles. The number of hydrogen-bond donors (Lipinski definition) is 0. The normalized spacial score (nSPS) is 12.1. The van der Waals surface area contributed by atoms with E-state index in [1.807, 2.05) is 0 Å². The molecule has 13 aromatic rings. The molecule has 0 radical (unpaired) electrons. The minimum Gasteiger partial charge on any atom is -0.309 e. The van der Waals surface area contributed by atoms with Crippen LogP contribution in [0.25, 0.3) is 105 Å². The van der Waals surface area contributed by atoms with Crippen molar-refractivity contribution < 1.29 is 0 Å². The van der Waals surface area contributed by atoms with Gasteiger partial charge in [-0.1, -0.05) is 172 Å². The quantitative estimate of drug-likeness (QED) is 0.160. The molecule has 4 aromatic heterocycles. The molecule has 0 spiro atoms. The summed E-state index contributed by atoms with van der Waals surface area (Å²) in [6.45, 7) is 6.56. The highest BCUT2D eigenvalue weighted by Gasteiger charge is 2.26. The maximum Gasteiger partial charge on any atom is 0.165 e. The Labute approximate surface area is 394 Å². The first-order valence-electron chi connectivity index (χ1n) is 23.4. The smallest absolute Gasteiger partial charge is 0.165 e. The first-order chi connectivity index (χ1) is 33.4. The molecule has 0 aliphatic rings. The molecule has 0 unspecified atom stereocenters. The second-order valence-corrected chi connectivity index (χ2v) is 18.8. The number of benzene rings is 9. The molecule has 0 bridgehead atoms. The van der Waals surface area contributed by atoms with Gasteiger partial charge in [0.25, 0.3) is 0 Å². The SMILES string of the molecule is CC(C)(C)c1nc(Cc2ccccc2-n2c3ccccc3c3ccccc32)nc(-c2cccc(-c3ccccc3)c2-n2c3ccccc3c3cc(-n4c5ccccc5c5ccccc54)ccc32)n1. The van der Waals surface area contributed by atoms with Gasteiger partial charge in [-0.05, 0) is 71.8 Å². The van der Waals surface area contributed by atoms with Gasteiger partial charge >= 0.3 is 0 Å². The lowest BCUT2D eigenvalue weighted by atomic mass is 9.95. The van der Waals surface area contributed by atoms with Crippen molar-refractivity contribution in [3.05, 3.63) is 230 Å². The number of nitrogens with zero attached hydrogens (tertiary/aromatic N) is 6. The highest BCUT2D eigenvalue weighted by molar-refractivity contribution is 6.13. The first kappa shape index (κ1) is 39.7. The van der Waals surface area contributed by atoms with E-state index >= 15 is 0 Å². The maximum atomic E-state index is 5.48.